The van der Waals surface area contributed by atoms with Gasteiger partial charge in [0.05, 0.1) is 11.6 Å². The summed E-state index contributed by atoms with van der Waals surface area (Å²) in [6, 6.07) is 6.87. The molecule has 2 aromatic heterocycles. The van der Waals surface area contributed by atoms with E-state index in [-0.39, 0.29) is 18.5 Å². The van der Waals surface area contributed by atoms with E-state index in [1.165, 1.54) is 4.57 Å². The van der Waals surface area contributed by atoms with Crippen molar-refractivity contribution in [3.63, 3.8) is 0 Å². The van der Waals surface area contributed by atoms with Crippen LogP contribution < -0.4 is 5.76 Å². The molecule has 0 aliphatic carbocycles. The number of aromatic nitrogens is 3. The first-order chi connectivity index (χ1) is 12.2. The smallest absolute Gasteiger partial charge is 0.408 e. The molecule has 1 fully saturated rings. The summed E-state index contributed by atoms with van der Waals surface area (Å²) in [5, 5.41) is 4.00. The topological polar surface area (TPSA) is 94.4 Å². The summed E-state index contributed by atoms with van der Waals surface area (Å²) in [7, 11) is 0. The van der Waals surface area contributed by atoms with Crippen LogP contribution in [0.3, 0.4) is 0 Å². The molecule has 3 aromatic rings. The highest BCUT2D eigenvalue weighted by Crippen LogP contribution is 2.30. The van der Waals surface area contributed by atoms with Crippen molar-refractivity contribution in [1.82, 2.24) is 19.6 Å². The number of hydrogen-bond acceptors (Lipinski definition) is 6. The van der Waals surface area contributed by atoms with Crippen molar-refractivity contribution in [2.75, 3.05) is 6.54 Å². The summed E-state index contributed by atoms with van der Waals surface area (Å²) in [5.41, 5.74) is 1.09. The Morgan fingerprint density at radius 2 is 2.20 bits per heavy atom. The van der Waals surface area contributed by atoms with Crippen LogP contribution in [0.4, 0.5) is 0 Å². The first-order valence-corrected chi connectivity index (χ1v) is 8.37. The van der Waals surface area contributed by atoms with E-state index < -0.39 is 5.76 Å². The third-order valence-electron chi connectivity index (χ3n) is 4.52. The monoisotopic (exact) mass is 342 g/mol. The SMILES string of the molecule is CCc1nc([C@@H]2CCCN2C(=O)Cn2c(=O)oc3ccccc32)no1. The van der Waals surface area contributed by atoms with Gasteiger partial charge in [0.1, 0.15) is 6.54 Å². The number of oxazole rings is 1. The molecule has 1 aliphatic rings. The molecule has 25 heavy (non-hydrogen) atoms. The van der Waals surface area contributed by atoms with Crippen LogP contribution in [-0.4, -0.2) is 32.1 Å². The quantitative estimate of drug-likeness (QED) is 0.719. The Bertz CT molecular complexity index is 970. The molecule has 130 valence electrons. The highest BCUT2D eigenvalue weighted by Gasteiger charge is 2.33. The lowest BCUT2D eigenvalue weighted by atomic mass is 10.2. The lowest BCUT2D eigenvalue weighted by Gasteiger charge is -2.22. The van der Waals surface area contributed by atoms with Gasteiger partial charge >= 0.3 is 5.76 Å². The fourth-order valence-corrected chi connectivity index (χ4v) is 3.27. The van der Waals surface area contributed by atoms with Crippen molar-refractivity contribution >= 4 is 17.0 Å². The van der Waals surface area contributed by atoms with Crippen LogP contribution in [0.5, 0.6) is 0 Å². The Morgan fingerprint density at radius 3 is 3.00 bits per heavy atom. The number of amides is 1. The maximum absolute atomic E-state index is 12.8. The minimum absolute atomic E-state index is 0.0646. The fourth-order valence-electron chi connectivity index (χ4n) is 3.27. The summed E-state index contributed by atoms with van der Waals surface area (Å²) in [5.74, 6) is 0.413. The van der Waals surface area contributed by atoms with E-state index in [4.69, 9.17) is 8.94 Å². The molecule has 1 saturated heterocycles. The van der Waals surface area contributed by atoms with Crippen molar-refractivity contribution in [2.24, 2.45) is 0 Å². The van der Waals surface area contributed by atoms with Gasteiger partial charge in [0.2, 0.25) is 11.8 Å². The van der Waals surface area contributed by atoms with E-state index >= 15 is 0 Å². The zero-order valence-corrected chi connectivity index (χ0v) is 13.8. The Labute approximate surface area is 143 Å². The molecule has 1 atom stereocenters. The van der Waals surface area contributed by atoms with Gasteiger partial charge in [0.25, 0.3) is 0 Å². The Kier molecular flexibility index (Phi) is 3.87. The van der Waals surface area contributed by atoms with E-state index in [0.717, 1.165) is 12.8 Å². The zero-order valence-electron chi connectivity index (χ0n) is 13.8. The van der Waals surface area contributed by atoms with E-state index in [1.807, 2.05) is 13.0 Å². The lowest BCUT2D eigenvalue weighted by molar-refractivity contribution is -0.133. The molecule has 0 bridgehead atoms. The molecule has 0 N–H and O–H groups in total. The fraction of sp³-hybridized carbons (Fsp3) is 0.412. The van der Waals surface area contributed by atoms with Gasteiger partial charge in [-0.1, -0.05) is 24.2 Å². The van der Waals surface area contributed by atoms with E-state index in [0.29, 0.717) is 35.8 Å². The van der Waals surface area contributed by atoms with Crippen LogP contribution in [0.15, 0.2) is 38.0 Å². The van der Waals surface area contributed by atoms with Gasteiger partial charge < -0.3 is 13.8 Å². The number of carbonyl (C=O) groups excluding carboxylic acids is 1. The van der Waals surface area contributed by atoms with Crippen molar-refractivity contribution in [1.29, 1.82) is 0 Å². The second-order valence-corrected chi connectivity index (χ2v) is 6.07. The Morgan fingerprint density at radius 1 is 1.36 bits per heavy atom. The molecule has 0 radical (unpaired) electrons. The van der Waals surface area contributed by atoms with Crippen molar-refractivity contribution in [2.45, 2.75) is 38.8 Å². The Hall–Kier alpha value is -2.90. The average molecular weight is 342 g/mol. The predicted octanol–water partition coefficient (Wildman–Crippen LogP) is 1.90. The minimum Gasteiger partial charge on any atom is -0.408 e. The van der Waals surface area contributed by atoms with Crippen molar-refractivity contribution in [3.05, 3.63) is 46.5 Å². The van der Waals surface area contributed by atoms with E-state index in [1.54, 1.807) is 23.1 Å². The third-order valence-corrected chi connectivity index (χ3v) is 4.52. The molecule has 0 unspecified atom stereocenters. The first-order valence-electron chi connectivity index (χ1n) is 8.37. The van der Waals surface area contributed by atoms with Crippen LogP contribution in [0.2, 0.25) is 0 Å². The normalized spacial score (nSPS) is 17.5. The number of likely N-dealkylation sites (tertiary alicyclic amines) is 1. The highest BCUT2D eigenvalue weighted by atomic mass is 16.5. The summed E-state index contributed by atoms with van der Waals surface area (Å²) < 4.78 is 11.7. The molecule has 0 saturated carbocycles. The van der Waals surface area contributed by atoms with Gasteiger partial charge in [0.15, 0.2) is 11.4 Å². The molecule has 1 aromatic carbocycles. The van der Waals surface area contributed by atoms with Crippen LogP contribution >= 0.6 is 0 Å². The zero-order chi connectivity index (χ0) is 17.4. The number of rotatable bonds is 4. The number of nitrogens with zero attached hydrogens (tertiary/aromatic N) is 4. The van der Waals surface area contributed by atoms with Crippen LogP contribution in [0.1, 0.15) is 37.5 Å². The van der Waals surface area contributed by atoms with Gasteiger partial charge in [-0.05, 0) is 25.0 Å². The maximum Gasteiger partial charge on any atom is 0.420 e. The molecule has 1 aliphatic heterocycles. The van der Waals surface area contributed by atoms with Crippen molar-refractivity contribution < 1.29 is 13.7 Å². The van der Waals surface area contributed by atoms with Crippen molar-refractivity contribution in [3.8, 4) is 0 Å². The average Bonchev–Trinajstić information content (AvgIpc) is 3.33. The molecule has 8 nitrogen and oxygen atoms in total. The van der Waals surface area contributed by atoms with Gasteiger partial charge in [-0.3, -0.25) is 9.36 Å². The molecule has 4 rings (SSSR count). The molecule has 0 spiro atoms. The molecule has 3 heterocycles. The number of fused-ring (bicyclic) bond motifs is 1. The maximum atomic E-state index is 12.8. The molecular formula is C17H18N4O4. The van der Waals surface area contributed by atoms with Crippen LogP contribution in [0.25, 0.3) is 11.1 Å². The van der Waals surface area contributed by atoms with Gasteiger partial charge in [-0.2, -0.15) is 4.98 Å². The summed E-state index contributed by atoms with van der Waals surface area (Å²) in [6.45, 7) is 2.49. The number of hydrogen-bond donors (Lipinski definition) is 0. The second-order valence-electron chi connectivity index (χ2n) is 6.07. The van der Waals surface area contributed by atoms with Gasteiger partial charge in [0, 0.05) is 13.0 Å². The third kappa shape index (κ3) is 2.73. The highest BCUT2D eigenvalue weighted by molar-refractivity contribution is 5.80. The van der Waals surface area contributed by atoms with Crippen LogP contribution in [-0.2, 0) is 17.8 Å². The number of aryl methyl sites for hydroxylation is 1. The van der Waals surface area contributed by atoms with Crippen LogP contribution in [0, 0.1) is 0 Å². The summed E-state index contributed by atoms with van der Waals surface area (Å²) in [6.07, 6.45) is 2.31. The minimum atomic E-state index is -0.530. The first kappa shape index (κ1) is 15.6. The van der Waals surface area contributed by atoms with E-state index in [2.05, 4.69) is 10.1 Å². The predicted molar refractivity (Wildman–Crippen MR) is 87.8 cm³/mol. The number of carbonyl (C=O) groups is 1. The lowest BCUT2D eigenvalue weighted by Crippen LogP contribution is -2.35. The Balaban J connectivity index is 1.59. The summed E-state index contributed by atoms with van der Waals surface area (Å²) in [4.78, 5) is 30.9. The standard InChI is InChI=1S/C17H18N4O4/c1-2-14-18-16(19-25-14)12-7-5-9-20(12)15(22)10-21-11-6-3-4-8-13(11)24-17(21)23/h3-4,6,8,12H,2,5,7,9-10H2,1H3/t12-/m0/s1. The van der Waals surface area contributed by atoms with E-state index in [9.17, 15) is 9.59 Å². The largest absolute Gasteiger partial charge is 0.420 e. The summed E-state index contributed by atoms with van der Waals surface area (Å²) >= 11 is 0. The number of benzene rings is 1. The van der Waals surface area contributed by atoms with Gasteiger partial charge in [-0.15, -0.1) is 0 Å². The molecular weight excluding hydrogens is 324 g/mol. The molecule has 8 heteroatoms. The second kappa shape index (κ2) is 6.19. The molecule has 1 amide bonds. The number of para-hydroxylation sites is 2. The van der Waals surface area contributed by atoms with Gasteiger partial charge in [-0.25, -0.2) is 4.79 Å².